The number of fused-ring (bicyclic) bond motifs is 1. The zero-order chi connectivity index (χ0) is 26.8. The summed E-state index contributed by atoms with van der Waals surface area (Å²) in [7, 11) is 0. The first-order valence-corrected chi connectivity index (χ1v) is 14.0. The first-order valence-electron chi connectivity index (χ1n) is 13.2. The fourth-order valence-corrected chi connectivity index (χ4v) is 6.30. The Balaban J connectivity index is 1.87. The summed E-state index contributed by atoms with van der Waals surface area (Å²) < 4.78 is 7.05. The highest BCUT2D eigenvalue weighted by Crippen LogP contribution is 2.34. The first kappa shape index (κ1) is 29.0. The van der Waals surface area contributed by atoms with E-state index in [9.17, 15) is 24.9 Å². The number of thiazole rings is 1. The summed E-state index contributed by atoms with van der Waals surface area (Å²) in [5.74, 6) is -1.76. The quantitative estimate of drug-likeness (QED) is 0.487. The fraction of sp³-hybridized carbons (Fsp3) is 0.750. The third-order valence-corrected chi connectivity index (χ3v) is 9.16. The van der Waals surface area contributed by atoms with Crippen molar-refractivity contribution in [1.29, 1.82) is 0 Å². The summed E-state index contributed by atoms with van der Waals surface area (Å²) in [5, 5.41) is 34.7. The monoisotopic (exact) mass is 521 g/mol. The van der Waals surface area contributed by atoms with Crippen LogP contribution in [-0.4, -0.2) is 56.0 Å². The predicted molar refractivity (Wildman–Crippen MR) is 140 cm³/mol. The number of ketones is 1. The van der Waals surface area contributed by atoms with Gasteiger partial charge in [0.25, 0.3) is 0 Å². The van der Waals surface area contributed by atoms with Crippen molar-refractivity contribution in [1.82, 2.24) is 4.98 Å². The van der Waals surface area contributed by atoms with E-state index in [4.69, 9.17) is 4.74 Å². The topological polar surface area (TPSA) is 117 Å². The molecule has 0 aromatic carbocycles. The SMILES string of the molecule is Cc1nc2c(s1)=CCC([C@@H]1CC[C@](C)(O)CCC[C@H](C)[C@H](O)[C@@H](C)C(=O)C(C)(C)[C@@H](O)CC(=O)O1)C=2. The second kappa shape index (κ2) is 11.4. The minimum atomic E-state index is -1.24. The number of nitrogens with zero attached hydrogens (tertiary/aromatic N) is 1. The number of ether oxygens (including phenoxy) is 1. The highest BCUT2D eigenvalue weighted by Gasteiger charge is 2.42. The molecule has 2 heterocycles. The van der Waals surface area contributed by atoms with Gasteiger partial charge < -0.3 is 20.1 Å². The number of esters is 1. The third-order valence-electron chi connectivity index (χ3n) is 8.17. The van der Waals surface area contributed by atoms with Crippen LogP contribution in [0.5, 0.6) is 0 Å². The van der Waals surface area contributed by atoms with Crippen molar-refractivity contribution in [3.63, 3.8) is 0 Å². The van der Waals surface area contributed by atoms with Gasteiger partial charge in [0.2, 0.25) is 0 Å². The molecule has 1 aliphatic heterocycles. The smallest absolute Gasteiger partial charge is 0.308 e. The molecule has 0 saturated carbocycles. The van der Waals surface area contributed by atoms with Crippen molar-refractivity contribution in [2.45, 2.75) is 110 Å². The van der Waals surface area contributed by atoms with Crippen LogP contribution >= 0.6 is 11.3 Å². The molecule has 1 aromatic heterocycles. The van der Waals surface area contributed by atoms with E-state index in [2.05, 4.69) is 17.1 Å². The van der Waals surface area contributed by atoms with Gasteiger partial charge in [-0.25, -0.2) is 4.98 Å². The normalized spacial score (nSPS) is 36.8. The Morgan fingerprint density at radius 3 is 2.50 bits per heavy atom. The van der Waals surface area contributed by atoms with Gasteiger partial charge in [-0.1, -0.05) is 46.3 Å². The van der Waals surface area contributed by atoms with Gasteiger partial charge in [0.05, 0.1) is 44.5 Å². The van der Waals surface area contributed by atoms with Crippen LogP contribution in [-0.2, 0) is 14.3 Å². The molecule has 1 fully saturated rings. The Morgan fingerprint density at radius 2 is 1.81 bits per heavy atom. The summed E-state index contributed by atoms with van der Waals surface area (Å²) in [6, 6.07) is 0. The molecule has 202 valence electrons. The Kier molecular flexibility index (Phi) is 9.18. The van der Waals surface area contributed by atoms with Crippen LogP contribution in [0.4, 0.5) is 0 Å². The van der Waals surface area contributed by atoms with E-state index in [0.29, 0.717) is 38.5 Å². The van der Waals surface area contributed by atoms with Gasteiger partial charge in [-0.05, 0) is 51.9 Å². The minimum absolute atomic E-state index is 0.0837. The molecule has 1 saturated heterocycles. The lowest BCUT2D eigenvalue weighted by Gasteiger charge is -2.35. The molecule has 7 nitrogen and oxygen atoms in total. The first-order chi connectivity index (χ1) is 16.7. The van der Waals surface area contributed by atoms with Gasteiger partial charge in [0, 0.05) is 11.8 Å². The highest BCUT2D eigenvalue weighted by molar-refractivity contribution is 7.09. The number of hydrogen-bond acceptors (Lipinski definition) is 8. The molecular formula is C28H43NO6S. The second-order valence-electron chi connectivity index (χ2n) is 11.8. The van der Waals surface area contributed by atoms with E-state index in [0.717, 1.165) is 14.9 Å². The van der Waals surface area contributed by atoms with Crippen molar-refractivity contribution in [3.05, 3.63) is 14.9 Å². The van der Waals surface area contributed by atoms with Crippen LogP contribution in [0.1, 0.15) is 84.6 Å². The average Bonchev–Trinajstić information content (AvgIpc) is 3.18. The number of Topliss-reactive ketones (excluding diaryl/α,β-unsaturated/α-hetero) is 1. The summed E-state index contributed by atoms with van der Waals surface area (Å²) in [6.45, 7) is 10.6. The number of aryl methyl sites for hydroxylation is 1. The summed E-state index contributed by atoms with van der Waals surface area (Å²) in [5.41, 5.74) is -2.16. The number of aliphatic hydroxyl groups excluding tert-OH is 2. The molecule has 8 heteroatoms. The van der Waals surface area contributed by atoms with Crippen molar-refractivity contribution in [2.24, 2.45) is 23.2 Å². The van der Waals surface area contributed by atoms with Crippen LogP contribution in [0, 0.1) is 30.1 Å². The number of aromatic nitrogens is 1. The van der Waals surface area contributed by atoms with E-state index in [1.54, 1.807) is 39.0 Å². The molecule has 0 bridgehead atoms. The lowest BCUT2D eigenvalue weighted by atomic mass is 9.73. The summed E-state index contributed by atoms with van der Waals surface area (Å²) in [6.07, 6.45) is 4.83. The Labute approximate surface area is 218 Å². The van der Waals surface area contributed by atoms with Crippen molar-refractivity contribution in [3.8, 4) is 0 Å². The third kappa shape index (κ3) is 6.82. The van der Waals surface area contributed by atoms with Gasteiger partial charge in [-0.2, -0.15) is 0 Å². The lowest BCUT2D eigenvalue weighted by Crippen LogP contribution is -2.46. The summed E-state index contributed by atoms with van der Waals surface area (Å²) >= 11 is 1.64. The predicted octanol–water partition coefficient (Wildman–Crippen LogP) is 2.64. The van der Waals surface area contributed by atoms with Gasteiger partial charge in [0.15, 0.2) is 0 Å². The second-order valence-corrected chi connectivity index (χ2v) is 13.0. The molecule has 1 aromatic rings. The molecule has 3 N–H and O–H groups in total. The van der Waals surface area contributed by atoms with Crippen molar-refractivity contribution < 1.29 is 29.6 Å². The Bertz CT molecular complexity index is 1060. The van der Waals surface area contributed by atoms with E-state index >= 15 is 0 Å². The number of cyclic esters (lactones) is 1. The number of rotatable bonds is 1. The highest BCUT2D eigenvalue weighted by atomic mass is 32.1. The lowest BCUT2D eigenvalue weighted by molar-refractivity contribution is -0.158. The van der Waals surface area contributed by atoms with Crippen LogP contribution in [0.25, 0.3) is 12.2 Å². The summed E-state index contributed by atoms with van der Waals surface area (Å²) in [4.78, 5) is 30.8. The van der Waals surface area contributed by atoms with E-state index in [1.807, 2.05) is 13.8 Å². The van der Waals surface area contributed by atoms with Gasteiger partial charge >= 0.3 is 5.97 Å². The molecule has 1 aliphatic carbocycles. The fourth-order valence-electron chi connectivity index (χ4n) is 5.44. The number of hydrogen-bond donors (Lipinski definition) is 3. The molecule has 0 radical (unpaired) electrons. The number of carbonyl (C=O) groups excluding carboxylic acids is 2. The number of aliphatic hydroxyl groups is 3. The van der Waals surface area contributed by atoms with Gasteiger partial charge in [0.1, 0.15) is 11.9 Å². The van der Waals surface area contributed by atoms with E-state index in [-0.39, 0.29) is 24.0 Å². The molecule has 1 unspecified atom stereocenters. The zero-order valence-electron chi connectivity index (χ0n) is 22.5. The maximum absolute atomic E-state index is 13.2. The molecular weight excluding hydrogens is 478 g/mol. The average molecular weight is 522 g/mol. The number of carbonyl (C=O) groups is 2. The molecule has 2 aliphatic rings. The molecule has 3 rings (SSSR count). The largest absolute Gasteiger partial charge is 0.462 e. The molecule has 0 amide bonds. The molecule has 7 atom stereocenters. The van der Waals surface area contributed by atoms with E-state index in [1.165, 1.54) is 0 Å². The zero-order valence-corrected chi connectivity index (χ0v) is 23.3. The molecule has 0 spiro atoms. The van der Waals surface area contributed by atoms with Crippen molar-refractivity contribution in [2.75, 3.05) is 0 Å². The van der Waals surface area contributed by atoms with Crippen LogP contribution in [0.2, 0.25) is 0 Å². The maximum atomic E-state index is 13.2. The Hall–Kier alpha value is -1.61. The van der Waals surface area contributed by atoms with Crippen molar-refractivity contribution >= 4 is 35.2 Å². The van der Waals surface area contributed by atoms with E-state index < -0.39 is 41.2 Å². The van der Waals surface area contributed by atoms with Crippen LogP contribution in [0.3, 0.4) is 0 Å². The van der Waals surface area contributed by atoms with Crippen LogP contribution in [0.15, 0.2) is 0 Å². The standard InChI is InChI=1S/C28H43NO6S/c1-16-8-7-12-28(6,34)13-11-21(19-9-10-22-20(14-19)29-18(3)36-22)35-24(31)15-23(30)27(4,5)26(33)17(2)25(16)32/h10,14,16-17,19,21,23,25,30,32,34H,7-9,11-13,15H2,1-6H3/t16-,17+,19?,21-,23-,25-,28+/m0/s1. The Morgan fingerprint density at radius 1 is 1.11 bits per heavy atom. The van der Waals surface area contributed by atoms with Gasteiger partial charge in [-0.15, -0.1) is 11.3 Å². The van der Waals surface area contributed by atoms with Gasteiger partial charge in [-0.3, -0.25) is 9.59 Å². The maximum Gasteiger partial charge on any atom is 0.308 e. The minimum Gasteiger partial charge on any atom is -0.462 e. The van der Waals surface area contributed by atoms with Crippen LogP contribution < -0.4 is 9.88 Å². The molecule has 36 heavy (non-hydrogen) atoms.